The Bertz CT molecular complexity index is 568. The standard InChI is InChI=1S/C17H23NO4/c1-17(2,13-6-4-5-7-14(13)22-3)16(21)18-12-9-8-11(10-12)15(19)20/h4-7,11-12H,8-10H2,1-3H3,(H,18,21)(H,19,20)/t11-,12+/m0/s1. The van der Waals surface area contributed by atoms with E-state index in [2.05, 4.69) is 5.32 Å². The Labute approximate surface area is 130 Å². The van der Waals surface area contributed by atoms with Crippen LogP contribution in [0.3, 0.4) is 0 Å². The van der Waals surface area contributed by atoms with Crippen LogP contribution in [0.25, 0.3) is 0 Å². The molecule has 1 aromatic rings. The average Bonchev–Trinajstić information content (AvgIpc) is 2.95. The second-order valence-electron chi connectivity index (χ2n) is 6.34. The second-order valence-corrected chi connectivity index (χ2v) is 6.34. The number of benzene rings is 1. The number of carboxylic acid groups (broad SMARTS) is 1. The van der Waals surface area contributed by atoms with E-state index in [4.69, 9.17) is 9.84 Å². The summed E-state index contributed by atoms with van der Waals surface area (Å²) in [5.74, 6) is -0.550. The number of aliphatic carboxylic acids is 1. The molecule has 0 saturated heterocycles. The molecule has 2 rings (SSSR count). The molecule has 0 unspecified atom stereocenters. The van der Waals surface area contributed by atoms with Crippen molar-refractivity contribution in [1.82, 2.24) is 5.32 Å². The van der Waals surface area contributed by atoms with Gasteiger partial charge in [0.15, 0.2) is 0 Å². The highest BCUT2D eigenvalue weighted by atomic mass is 16.5. The number of amides is 1. The molecule has 0 radical (unpaired) electrons. The normalized spacial score (nSPS) is 21.4. The van der Waals surface area contributed by atoms with Crippen molar-refractivity contribution < 1.29 is 19.4 Å². The van der Waals surface area contributed by atoms with E-state index in [1.165, 1.54) is 0 Å². The first kappa shape index (κ1) is 16.3. The minimum absolute atomic E-state index is 0.0671. The summed E-state index contributed by atoms with van der Waals surface area (Å²) >= 11 is 0. The highest BCUT2D eigenvalue weighted by Crippen LogP contribution is 2.33. The molecule has 0 spiro atoms. The quantitative estimate of drug-likeness (QED) is 0.875. The van der Waals surface area contributed by atoms with Gasteiger partial charge >= 0.3 is 5.97 Å². The first-order chi connectivity index (χ1) is 10.4. The second kappa shape index (κ2) is 6.38. The Morgan fingerprint density at radius 3 is 2.55 bits per heavy atom. The molecule has 1 saturated carbocycles. The van der Waals surface area contributed by atoms with Crippen molar-refractivity contribution in [1.29, 1.82) is 0 Å². The fourth-order valence-corrected chi connectivity index (χ4v) is 2.99. The van der Waals surface area contributed by atoms with Gasteiger partial charge in [0.2, 0.25) is 5.91 Å². The van der Waals surface area contributed by atoms with Gasteiger partial charge in [-0.05, 0) is 39.2 Å². The molecule has 22 heavy (non-hydrogen) atoms. The zero-order valence-electron chi connectivity index (χ0n) is 13.3. The maximum Gasteiger partial charge on any atom is 0.306 e. The van der Waals surface area contributed by atoms with Crippen molar-refractivity contribution >= 4 is 11.9 Å². The Morgan fingerprint density at radius 2 is 1.95 bits per heavy atom. The zero-order chi connectivity index (χ0) is 16.3. The smallest absolute Gasteiger partial charge is 0.306 e. The van der Waals surface area contributed by atoms with E-state index in [9.17, 15) is 9.59 Å². The van der Waals surface area contributed by atoms with Gasteiger partial charge in [0.1, 0.15) is 5.75 Å². The number of ether oxygens (including phenoxy) is 1. The predicted octanol–water partition coefficient (Wildman–Crippen LogP) is 2.34. The van der Waals surface area contributed by atoms with E-state index in [0.717, 1.165) is 5.56 Å². The third kappa shape index (κ3) is 3.24. The molecule has 1 aliphatic carbocycles. The van der Waals surface area contributed by atoms with Crippen molar-refractivity contribution in [3.63, 3.8) is 0 Å². The van der Waals surface area contributed by atoms with E-state index < -0.39 is 11.4 Å². The SMILES string of the molecule is COc1ccccc1C(C)(C)C(=O)N[C@@H]1CC[C@H](C(=O)O)C1. The maximum atomic E-state index is 12.7. The Balaban J connectivity index is 2.09. The number of methoxy groups -OCH3 is 1. The molecule has 120 valence electrons. The lowest BCUT2D eigenvalue weighted by Gasteiger charge is -2.27. The molecule has 1 amide bonds. The van der Waals surface area contributed by atoms with Crippen LogP contribution in [0.5, 0.6) is 5.75 Å². The molecule has 1 fully saturated rings. The van der Waals surface area contributed by atoms with Gasteiger partial charge in [-0.3, -0.25) is 9.59 Å². The van der Waals surface area contributed by atoms with Crippen LogP contribution in [0, 0.1) is 5.92 Å². The van der Waals surface area contributed by atoms with Gasteiger partial charge < -0.3 is 15.2 Å². The first-order valence-electron chi connectivity index (χ1n) is 7.53. The minimum Gasteiger partial charge on any atom is -0.496 e. The summed E-state index contributed by atoms with van der Waals surface area (Å²) in [5, 5.41) is 12.0. The van der Waals surface area contributed by atoms with Gasteiger partial charge in [-0.1, -0.05) is 18.2 Å². The van der Waals surface area contributed by atoms with E-state index in [1.54, 1.807) is 7.11 Å². The number of carboxylic acids is 1. The molecule has 1 aromatic carbocycles. The number of para-hydroxylation sites is 1. The van der Waals surface area contributed by atoms with Crippen LogP contribution in [0.15, 0.2) is 24.3 Å². The molecule has 1 aliphatic rings. The summed E-state index contributed by atoms with van der Waals surface area (Å²) in [5.41, 5.74) is 0.0799. The Morgan fingerprint density at radius 1 is 1.27 bits per heavy atom. The summed E-state index contributed by atoms with van der Waals surface area (Å²) in [4.78, 5) is 23.7. The lowest BCUT2D eigenvalue weighted by molar-refractivity contribution is -0.141. The van der Waals surface area contributed by atoms with Gasteiger partial charge in [0.25, 0.3) is 0 Å². The monoisotopic (exact) mass is 305 g/mol. The van der Waals surface area contributed by atoms with E-state index in [0.29, 0.717) is 25.0 Å². The Kier molecular flexibility index (Phi) is 4.74. The molecular formula is C17H23NO4. The Hall–Kier alpha value is -2.04. The molecule has 5 nitrogen and oxygen atoms in total. The largest absolute Gasteiger partial charge is 0.496 e. The van der Waals surface area contributed by atoms with Crippen LogP contribution in [0.4, 0.5) is 0 Å². The zero-order valence-corrected chi connectivity index (χ0v) is 13.3. The number of carbonyl (C=O) groups is 2. The molecular weight excluding hydrogens is 282 g/mol. The molecule has 0 aromatic heterocycles. The molecule has 0 bridgehead atoms. The highest BCUT2D eigenvalue weighted by Gasteiger charge is 2.36. The third-order valence-corrected chi connectivity index (χ3v) is 4.47. The minimum atomic E-state index is -0.777. The number of hydrogen-bond donors (Lipinski definition) is 2. The fraction of sp³-hybridized carbons (Fsp3) is 0.529. The van der Waals surface area contributed by atoms with Gasteiger partial charge in [-0.2, -0.15) is 0 Å². The molecule has 0 heterocycles. The third-order valence-electron chi connectivity index (χ3n) is 4.47. The molecule has 2 N–H and O–H groups in total. The van der Waals surface area contributed by atoms with E-state index >= 15 is 0 Å². The molecule has 2 atom stereocenters. The van der Waals surface area contributed by atoms with E-state index in [1.807, 2.05) is 38.1 Å². The van der Waals surface area contributed by atoms with Crippen LogP contribution in [-0.2, 0) is 15.0 Å². The lowest BCUT2D eigenvalue weighted by atomic mass is 9.82. The van der Waals surface area contributed by atoms with Gasteiger partial charge in [0, 0.05) is 11.6 Å². The van der Waals surface area contributed by atoms with E-state index in [-0.39, 0.29) is 17.9 Å². The van der Waals surface area contributed by atoms with Crippen molar-refractivity contribution in [2.75, 3.05) is 7.11 Å². The van der Waals surface area contributed by atoms with Crippen LogP contribution >= 0.6 is 0 Å². The number of nitrogens with one attached hydrogen (secondary N) is 1. The summed E-state index contributed by atoms with van der Waals surface area (Å²) in [7, 11) is 1.58. The topological polar surface area (TPSA) is 75.6 Å². The van der Waals surface area contributed by atoms with Gasteiger partial charge in [0.05, 0.1) is 18.4 Å². The van der Waals surface area contributed by atoms with Gasteiger partial charge in [-0.25, -0.2) is 0 Å². The summed E-state index contributed by atoms with van der Waals surface area (Å²) in [6.07, 6.45) is 1.84. The summed E-state index contributed by atoms with van der Waals surface area (Å²) in [6.45, 7) is 3.70. The number of carbonyl (C=O) groups excluding carboxylic acids is 1. The molecule has 5 heteroatoms. The number of hydrogen-bond acceptors (Lipinski definition) is 3. The van der Waals surface area contributed by atoms with Crippen LogP contribution in [0.2, 0.25) is 0 Å². The van der Waals surface area contributed by atoms with Crippen LogP contribution in [0.1, 0.15) is 38.7 Å². The molecule has 0 aliphatic heterocycles. The average molecular weight is 305 g/mol. The summed E-state index contributed by atoms with van der Waals surface area (Å²) < 4.78 is 5.34. The highest BCUT2D eigenvalue weighted by molar-refractivity contribution is 5.88. The maximum absolute atomic E-state index is 12.7. The first-order valence-corrected chi connectivity index (χ1v) is 7.53. The summed E-state index contributed by atoms with van der Waals surface area (Å²) in [6, 6.07) is 7.39. The predicted molar refractivity (Wildman–Crippen MR) is 82.9 cm³/mol. The van der Waals surface area contributed by atoms with Crippen molar-refractivity contribution in [3.05, 3.63) is 29.8 Å². The van der Waals surface area contributed by atoms with Crippen LogP contribution in [-0.4, -0.2) is 30.1 Å². The lowest BCUT2D eigenvalue weighted by Crippen LogP contribution is -2.44. The van der Waals surface area contributed by atoms with Crippen molar-refractivity contribution in [3.8, 4) is 5.75 Å². The van der Waals surface area contributed by atoms with Crippen molar-refractivity contribution in [2.24, 2.45) is 5.92 Å². The number of rotatable bonds is 5. The van der Waals surface area contributed by atoms with Crippen LogP contribution < -0.4 is 10.1 Å². The van der Waals surface area contributed by atoms with Crippen molar-refractivity contribution in [2.45, 2.75) is 44.6 Å². The fourth-order valence-electron chi connectivity index (χ4n) is 2.99. The van der Waals surface area contributed by atoms with Gasteiger partial charge in [-0.15, -0.1) is 0 Å².